The molecule has 0 fully saturated rings. The number of nitrogens with zero attached hydrogens (tertiary/aromatic N) is 1. The predicted octanol–water partition coefficient (Wildman–Crippen LogP) is 2.47. The fourth-order valence-corrected chi connectivity index (χ4v) is 1.15. The second-order valence-corrected chi connectivity index (χ2v) is 2.81. The molecule has 1 rings (SSSR count). The fraction of sp³-hybridized carbons (Fsp3) is 0.500. The van der Waals surface area contributed by atoms with E-state index in [1.54, 1.807) is 0 Å². The first-order valence-corrected chi connectivity index (χ1v) is 4.55. The van der Waals surface area contributed by atoms with Gasteiger partial charge in [-0.15, -0.1) is 0 Å². The van der Waals surface area contributed by atoms with Gasteiger partial charge in [0.2, 0.25) is 0 Å². The Morgan fingerprint density at radius 3 is 2.92 bits per heavy atom. The summed E-state index contributed by atoms with van der Waals surface area (Å²) in [6.07, 6.45) is 5.96. The Morgan fingerprint density at radius 1 is 1.42 bits per heavy atom. The van der Waals surface area contributed by atoms with E-state index in [-0.39, 0.29) is 0 Å². The average molecular weight is 164 g/mol. The van der Waals surface area contributed by atoms with Crippen molar-refractivity contribution < 1.29 is 0 Å². The first kappa shape index (κ1) is 9.04. The molecule has 12 heavy (non-hydrogen) atoms. The summed E-state index contributed by atoms with van der Waals surface area (Å²) in [5.41, 5.74) is 2.53. The molecule has 1 aromatic rings. The van der Waals surface area contributed by atoms with Crippen molar-refractivity contribution in [2.45, 2.75) is 26.7 Å². The zero-order valence-corrected chi connectivity index (χ0v) is 7.80. The third-order valence-electron chi connectivity index (χ3n) is 1.86. The Hall–Kier alpha value is -1.05. The molecular formula is C10H16N2. The second-order valence-electron chi connectivity index (χ2n) is 2.81. The van der Waals surface area contributed by atoms with Gasteiger partial charge in [0.15, 0.2) is 0 Å². The van der Waals surface area contributed by atoms with Crippen LogP contribution >= 0.6 is 0 Å². The van der Waals surface area contributed by atoms with Crippen molar-refractivity contribution in [2.24, 2.45) is 0 Å². The van der Waals surface area contributed by atoms with E-state index in [0.29, 0.717) is 0 Å². The molecule has 0 atom stereocenters. The zero-order valence-electron chi connectivity index (χ0n) is 7.80. The van der Waals surface area contributed by atoms with Crippen molar-refractivity contribution in [2.75, 3.05) is 11.9 Å². The molecule has 0 amide bonds. The number of pyridine rings is 1. The van der Waals surface area contributed by atoms with Gasteiger partial charge in [0.05, 0.1) is 11.9 Å². The van der Waals surface area contributed by atoms with Crippen LogP contribution in [0.25, 0.3) is 0 Å². The minimum absolute atomic E-state index is 1.03. The van der Waals surface area contributed by atoms with E-state index in [2.05, 4.69) is 30.2 Å². The van der Waals surface area contributed by atoms with Gasteiger partial charge < -0.3 is 5.32 Å². The van der Waals surface area contributed by atoms with Crippen LogP contribution < -0.4 is 5.32 Å². The van der Waals surface area contributed by atoms with Crippen molar-refractivity contribution in [1.29, 1.82) is 0 Å². The van der Waals surface area contributed by atoms with Gasteiger partial charge in [-0.1, -0.05) is 13.8 Å². The number of hydrogen-bond donors (Lipinski definition) is 1. The van der Waals surface area contributed by atoms with E-state index in [4.69, 9.17) is 0 Å². The predicted molar refractivity (Wildman–Crippen MR) is 52.4 cm³/mol. The molecule has 0 saturated heterocycles. The highest BCUT2D eigenvalue weighted by Crippen LogP contribution is 2.13. The van der Waals surface area contributed by atoms with Crippen molar-refractivity contribution in [1.82, 2.24) is 4.98 Å². The molecule has 1 N–H and O–H groups in total. The molecule has 0 aliphatic rings. The molecule has 0 spiro atoms. The first-order chi connectivity index (χ1) is 5.88. The van der Waals surface area contributed by atoms with Gasteiger partial charge in [-0.3, -0.25) is 4.98 Å². The lowest BCUT2D eigenvalue weighted by Crippen LogP contribution is -2.02. The molecule has 0 aromatic carbocycles. The third-order valence-corrected chi connectivity index (χ3v) is 1.86. The number of rotatable bonds is 4. The molecule has 2 heteroatoms. The number of aryl methyl sites for hydroxylation is 1. The van der Waals surface area contributed by atoms with Crippen LogP contribution in [0.15, 0.2) is 18.5 Å². The minimum atomic E-state index is 1.03. The van der Waals surface area contributed by atoms with Gasteiger partial charge in [0.1, 0.15) is 0 Å². The normalized spacial score (nSPS) is 9.83. The summed E-state index contributed by atoms with van der Waals surface area (Å²) < 4.78 is 0. The molecule has 66 valence electrons. The largest absolute Gasteiger partial charge is 0.384 e. The standard InChI is InChI=1S/C10H16N2/c1-3-6-12-10-8-11-7-5-9(10)4-2/h5,7-8,12H,3-4,6H2,1-2H3. The Kier molecular flexibility index (Phi) is 3.58. The molecule has 0 saturated carbocycles. The van der Waals surface area contributed by atoms with Crippen LogP contribution in [0.1, 0.15) is 25.8 Å². The maximum absolute atomic E-state index is 4.08. The maximum Gasteiger partial charge on any atom is 0.0559 e. The topological polar surface area (TPSA) is 24.9 Å². The zero-order chi connectivity index (χ0) is 8.81. The quantitative estimate of drug-likeness (QED) is 0.739. The highest BCUT2D eigenvalue weighted by atomic mass is 14.9. The van der Waals surface area contributed by atoms with Crippen LogP contribution in [0, 0.1) is 0 Å². The molecule has 0 unspecified atom stereocenters. The molecule has 0 radical (unpaired) electrons. The molecule has 1 aromatic heterocycles. The summed E-state index contributed by atoms with van der Waals surface area (Å²) in [4.78, 5) is 4.08. The van der Waals surface area contributed by atoms with Gasteiger partial charge in [0, 0.05) is 12.7 Å². The van der Waals surface area contributed by atoms with Crippen LogP contribution in [-0.4, -0.2) is 11.5 Å². The van der Waals surface area contributed by atoms with Crippen LogP contribution in [0.4, 0.5) is 5.69 Å². The van der Waals surface area contributed by atoms with Crippen molar-refractivity contribution in [3.05, 3.63) is 24.0 Å². The van der Waals surface area contributed by atoms with Gasteiger partial charge in [-0.25, -0.2) is 0 Å². The Labute approximate surface area is 74.0 Å². The van der Waals surface area contributed by atoms with Crippen molar-refractivity contribution >= 4 is 5.69 Å². The monoisotopic (exact) mass is 164 g/mol. The SMILES string of the molecule is CCCNc1cnccc1CC. The van der Waals surface area contributed by atoms with Crippen LogP contribution in [0.5, 0.6) is 0 Å². The lowest BCUT2D eigenvalue weighted by molar-refractivity contribution is 0.969. The lowest BCUT2D eigenvalue weighted by atomic mass is 10.2. The number of nitrogens with one attached hydrogen (secondary N) is 1. The van der Waals surface area contributed by atoms with E-state index < -0.39 is 0 Å². The molecule has 0 aliphatic carbocycles. The summed E-state index contributed by atoms with van der Waals surface area (Å²) in [6.45, 7) is 5.35. The Balaban J connectivity index is 2.68. The van der Waals surface area contributed by atoms with Crippen LogP contribution in [0.2, 0.25) is 0 Å². The minimum Gasteiger partial charge on any atom is -0.384 e. The molecule has 2 nitrogen and oxygen atoms in total. The Morgan fingerprint density at radius 2 is 2.25 bits per heavy atom. The molecular weight excluding hydrogens is 148 g/mol. The Bertz CT molecular complexity index is 233. The fourth-order valence-electron chi connectivity index (χ4n) is 1.15. The molecule has 1 heterocycles. The van der Waals surface area contributed by atoms with Gasteiger partial charge in [-0.2, -0.15) is 0 Å². The summed E-state index contributed by atoms with van der Waals surface area (Å²) in [6, 6.07) is 2.07. The van der Waals surface area contributed by atoms with Crippen molar-refractivity contribution in [3.8, 4) is 0 Å². The van der Waals surface area contributed by atoms with Gasteiger partial charge in [0.25, 0.3) is 0 Å². The summed E-state index contributed by atoms with van der Waals surface area (Å²) in [5.74, 6) is 0. The average Bonchev–Trinajstić information content (AvgIpc) is 2.15. The summed E-state index contributed by atoms with van der Waals surface area (Å²) in [5, 5.41) is 3.35. The smallest absolute Gasteiger partial charge is 0.0559 e. The van der Waals surface area contributed by atoms with E-state index in [1.165, 1.54) is 11.3 Å². The van der Waals surface area contributed by atoms with Crippen LogP contribution in [-0.2, 0) is 6.42 Å². The second kappa shape index (κ2) is 4.75. The lowest BCUT2D eigenvalue weighted by Gasteiger charge is -2.08. The number of hydrogen-bond acceptors (Lipinski definition) is 2. The summed E-state index contributed by atoms with van der Waals surface area (Å²) >= 11 is 0. The van der Waals surface area contributed by atoms with E-state index in [0.717, 1.165) is 19.4 Å². The first-order valence-electron chi connectivity index (χ1n) is 4.55. The molecule has 0 bridgehead atoms. The number of anilines is 1. The highest BCUT2D eigenvalue weighted by Gasteiger charge is 1.97. The third kappa shape index (κ3) is 2.22. The van der Waals surface area contributed by atoms with E-state index >= 15 is 0 Å². The summed E-state index contributed by atoms with van der Waals surface area (Å²) in [7, 11) is 0. The van der Waals surface area contributed by atoms with Crippen LogP contribution in [0.3, 0.4) is 0 Å². The van der Waals surface area contributed by atoms with E-state index in [1.807, 2.05) is 12.4 Å². The molecule has 0 aliphatic heterocycles. The number of aromatic nitrogens is 1. The van der Waals surface area contributed by atoms with E-state index in [9.17, 15) is 0 Å². The van der Waals surface area contributed by atoms with Gasteiger partial charge >= 0.3 is 0 Å². The maximum atomic E-state index is 4.08. The van der Waals surface area contributed by atoms with Gasteiger partial charge in [-0.05, 0) is 24.5 Å². The van der Waals surface area contributed by atoms with Crippen molar-refractivity contribution in [3.63, 3.8) is 0 Å². The highest BCUT2D eigenvalue weighted by molar-refractivity contribution is 5.48.